The number of thiol groups is 1. The van der Waals surface area contributed by atoms with E-state index in [1.807, 2.05) is 36.6 Å². The summed E-state index contributed by atoms with van der Waals surface area (Å²) in [7, 11) is 0. The average Bonchev–Trinajstić information content (AvgIpc) is 3.07. The first-order valence-corrected chi connectivity index (χ1v) is 14.4. The first-order chi connectivity index (χ1) is 18.7. The van der Waals surface area contributed by atoms with Crippen molar-refractivity contribution in [3.05, 3.63) is 65.7 Å². The van der Waals surface area contributed by atoms with E-state index in [0.29, 0.717) is 22.7 Å². The lowest BCUT2D eigenvalue weighted by Crippen LogP contribution is -2.56. The lowest BCUT2D eigenvalue weighted by molar-refractivity contribution is -0.142. The first-order valence-electron chi connectivity index (χ1n) is 12.4. The third-order valence-corrected chi connectivity index (χ3v) is 7.30. The molecule has 1 aliphatic heterocycles. The van der Waals surface area contributed by atoms with Crippen LogP contribution in [0.3, 0.4) is 0 Å². The number of anilines is 1. The molecule has 5 N–H and O–H groups in total. The Balaban J connectivity index is 2.04. The molecule has 3 rings (SSSR count). The Hall–Kier alpha value is -3.19. The Morgan fingerprint density at radius 3 is 2.46 bits per heavy atom. The highest BCUT2D eigenvalue weighted by atomic mass is 32.2. The van der Waals surface area contributed by atoms with Gasteiger partial charge in [-0.15, -0.1) is 0 Å². The number of nitrogens with one attached hydrogen (secondary N) is 2. The topological polar surface area (TPSA) is 154 Å². The molecule has 12 heteroatoms. The van der Waals surface area contributed by atoms with Gasteiger partial charge in [0.2, 0.25) is 5.91 Å². The maximum atomic E-state index is 14.0. The minimum Gasteiger partial charge on any atom is -0.480 e. The van der Waals surface area contributed by atoms with Crippen LogP contribution in [0.1, 0.15) is 24.5 Å². The molecule has 0 radical (unpaired) electrons. The molecule has 0 aliphatic carbocycles. The molecule has 0 spiro atoms. The van der Waals surface area contributed by atoms with Crippen molar-refractivity contribution in [2.45, 2.75) is 37.6 Å². The van der Waals surface area contributed by atoms with Gasteiger partial charge in [-0.2, -0.15) is 24.4 Å². The van der Waals surface area contributed by atoms with E-state index >= 15 is 0 Å². The summed E-state index contributed by atoms with van der Waals surface area (Å²) in [6, 6.07) is 13.3. The number of hydrogen-bond donors (Lipinski definition) is 5. The van der Waals surface area contributed by atoms with Crippen LogP contribution in [-0.2, 0) is 19.2 Å². The van der Waals surface area contributed by atoms with Crippen molar-refractivity contribution in [3.63, 3.8) is 0 Å². The minimum atomic E-state index is -1.22. The number of aliphatic carboxylic acids is 1. The smallest absolute Gasteiger partial charge is 0.326 e. The van der Waals surface area contributed by atoms with Crippen LogP contribution < -0.4 is 21.3 Å². The number of nitrogens with zero attached hydrogens (tertiary/aromatic N) is 2. The molecule has 2 aromatic carbocycles. The van der Waals surface area contributed by atoms with Crippen molar-refractivity contribution in [2.75, 3.05) is 29.2 Å². The summed E-state index contributed by atoms with van der Waals surface area (Å²) in [5.41, 5.74) is 8.09. The van der Waals surface area contributed by atoms with E-state index in [-0.39, 0.29) is 24.5 Å². The van der Waals surface area contributed by atoms with Crippen LogP contribution in [0.2, 0.25) is 0 Å². The number of amides is 2. The zero-order valence-corrected chi connectivity index (χ0v) is 23.5. The van der Waals surface area contributed by atoms with E-state index in [1.54, 1.807) is 24.3 Å². The van der Waals surface area contributed by atoms with Gasteiger partial charge in [0.05, 0.1) is 24.0 Å². The normalized spacial score (nSPS) is 17.3. The van der Waals surface area contributed by atoms with Crippen LogP contribution in [0.4, 0.5) is 5.69 Å². The number of carbonyl (C=O) groups excluding carboxylic acids is 3. The molecule has 1 aliphatic rings. The number of hydrogen-bond acceptors (Lipinski definition) is 9. The van der Waals surface area contributed by atoms with E-state index in [1.165, 1.54) is 23.6 Å². The molecule has 1 heterocycles. The van der Waals surface area contributed by atoms with E-state index in [0.717, 1.165) is 5.56 Å². The van der Waals surface area contributed by atoms with Crippen LogP contribution in [0.15, 0.2) is 59.6 Å². The Labute approximate surface area is 237 Å². The highest BCUT2D eigenvalue weighted by Gasteiger charge is 2.38. The van der Waals surface area contributed by atoms with Crippen molar-refractivity contribution in [1.82, 2.24) is 10.6 Å². The number of thioether (sulfide) groups is 1. The van der Waals surface area contributed by atoms with Gasteiger partial charge in [-0.25, -0.2) is 4.79 Å². The SMILES string of the molecule is CSCC[C@H](NC(=O)C(C)N1C(=O)C(NCC(=O)C(N)CS)N=C(c2ccccc2)c2ccccc21)C(=O)O. The summed E-state index contributed by atoms with van der Waals surface area (Å²) in [5.74, 6) is -2.00. The van der Waals surface area contributed by atoms with Gasteiger partial charge in [0.1, 0.15) is 12.1 Å². The number of nitrogens with two attached hydrogens (primary N) is 1. The summed E-state index contributed by atoms with van der Waals surface area (Å²) in [6.07, 6.45) is 0.866. The maximum Gasteiger partial charge on any atom is 0.326 e. The largest absolute Gasteiger partial charge is 0.480 e. The lowest BCUT2D eigenvalue weighted by Gasteiger charge is -2.31. The molecule has 0 saturated heterocycles. The quantitative estimate of drug-likeness (QED) is 0.226. The number of benzene rings is 2. The fourth-order valence-electron chi connectivity index (χ4n) is 4.08. The molecule has 0 saturated carbocycles. The average molecular weight is 572 g/mol. The van der Waals surface area contributed by atoms with Gasteiger partial charge in [0, 0.05) is 16.9 Å². The summed E-state index contributed by atoms with van der Waals surface area (Å²) in [4.78, 5) is 57.5. The van der Waals surface area contributed by atoms with Gasteiger partial charge in [-0.05, 0) is 31.4 Å². The third kappa shape index (κ3) is 7.47. The van der Waals surface area contributed by atoms with Crippen LogP contribution in [-0.4, -0.2) is 83.0 Å². The van der Waals surface area contributed by atoms with E-state index < -0.39 is 42.1 Å². The van der Waals surface area contributed by atoms with Crippen LogP contribution >= 0.6 is 24.4 Å². The Morgan fingerprint density at radius 1 is 1.15 bits per heavy atom. The van der Waals surface area contributed by atoms with Crippen molar-refractivity contribution in [2.24, 2.45) is 10.7 Å². The molecular formula is C27H33N5O5S2. The number of rotatable bonds is 13. The number of carboxylic acid groups (broad SMARTS) is 1. The number of benzodiazepines with no additional fused rings is 1. The third-order valence-electron chi connectivity index (χ3n) is 6.27. The second-order valence-electron chi connectivity index (χ2n) is 8.96. The van der Waals surface area contributed by atoms with Gasteiger partial charge in [0.15, 0.2) is 11.9 Å². The molecule has 2 amide bonds. The molecule has 208 valence electrons. The fraction of sp³-hybridized carbons (Fsp3) is 0.370. The van der Waals surface area contributed by atoms with Crippen LogP contribution in [0.5, 0.6) is 0 Å². The molecule has 0 bridgehead atoms. The lowest BCUT2D eigenvalue weighted by atomic mass is 9.99. The minimum absolute atomic E-state index is 0.147. The molecule has 0 aromatic heterocycles. The highest BCUT2D eigenvalue weighted by molar-refractivity contribution is 7.98. The number of ketones is 1. The summed E-state index contributed by atoms with van der Waals surface area (Å²) >= 11 is 5.54. The standard InChI is InChI=1S/C27H33N5O5S2/c1-16(25(34)30-20(27(36)37)12-13-39-2)32-21-11-7-6-10-18(21)23(17-8-4-3-5-9-17)31-24(26(32)35)29-14-22(33)19(28)15-38/h3-11,16,19-20,24,29,38H,12-15,28H2,1-2H3,(H,30,34)(H,36,37)/t16?,19?,20-,24?/m0/s1. The van der Waals surface area contributed by atoms with E-state index in [2.05, 4.69) is 23.3 Å². The molecule has 0 fully saturated rings. The summed E-state index contributed by atoms with van der Waals surface area (Å²) in [5, 5.41) is 15.1. The zero-order chi connectivity index (χ0) is 28.5. The van der Waals surface area contributed by atoms with Gasteiger partial charge >= 0.3 is 5.97 Å². The second-order valence-corrected chi connectivity index (χ2v) is 10.3. The second kappa shape index (κ2) is 14.3. The Bertz CT molecular complexity index is 1230. The zero-order valence-electron chi connectivity index (χ0n) is 21.7. The van der Waals surface area contributed by atoms with Crippen molar-refractivity contribution in [1.29, 1.82) is 0 Å². The molecular weight excluding hydrogens is 538 g/mol. The van der Waals surface area contributed by atoms with Gasteiger partial charge in [0.25, 0.3) is 5.91 Å². The van der Waals surface area contributed by atoms with E-state index in [4.69, 9.17) is 10.7 Å². The van der Waals surface area contributed by atoms with Gasteiger partial charge in [-0.3, -0.25) is 29.6 Å². The summed E-state index contributed by atoms with van der Waals surface area (Å²) in [6.45, 7) is 1.30. The number of para-hydroxylation sites is 1. The molecule has 3 unspecified atom stereocenters. The molecule has 10 nitrogen and oxygen atoms in total. The summed E-state index contributed by atoms with van der Waals surface area (Å²) < 4.78 is 0. The predicted octanol–water partition coefficient (Wildman–Crippen LogP) is 1.32. The number of Topliss-reactive ketones (excluding diaryl/α,β-unsaturated/α-hetero) is 1. The predicted molar refractivity (Wildman–Crippen MR) is 157 cm³/mol. The van der Waals surface area contributed by atoms with Crippen LogP contribution in [0, 0.1) is 0 Å². The molecule has 4 atom stereocenters. The van der Waals surface area contributed by atoms with Crippen molar-refractivity contribution < 1.29 is 24.3 Å². The number of carboxylic acids is 1. The number of fused-ring (bicyclic) bond motifs is 1. The highest BCUT2D eigenvalue weighted by Crippen LogP contribution is 2.30. The Morgan fingerprint density at radius 2 is 1.82 bits per heavy atom. The van der Waals surface area contributed by atoms with Crippen molar-refractivity contribution in [3.8, 4) is 0 Å². The number of aliphatic imine (C=N–C) groups is 1. The fourth-order valence-corrected chi connectivity index (χ4v) is 4.75. The van der Waals surface area contributed by atoms with E-state index in [9.17, 15) is 24.3 Å². The Kier molecular flexibility index (Phi) is 11.1. The first kappa shape index (κ1) is 30.4. The molecule has 39 heavy (non-hydrogen) atoms. The monoisotopic (exact) mass is 571 g/mol. The van der Waals surface area contributed by atoms with Crippen molar-refractivity contribution >= 4 is 59.4 Å². The maximum absolute atomic E-state index is 14.0. The van der Waals surface area contributed by atoms with Gasteiger partial charge < -0.3 is 16.2 Å². The molecule has 2 aromatic rings. The number of carbonyl (C=O) groups is 4. The van der Waals surface area contributed by atoms with Crippen LogP contribution in [0.25, 0.3) is 0 Å². The van der Waals surface area contributed by atoms with Gasteiger partial charge in [-0.1, -0.05) is 48.5 Å².